The quantitative estimate of drug-likeness (QED) is 0.455. The zero-order chi connectivity index (χ0) is 22.8. The fourth-order valence-corrected chi connectivity index (χ4v) is 3.80. The summed E-state index contributed by atoms with van der Waals surface area (Å²) >= 11 is 1.26. The number of nitrogens with zero attached hydrogens (tertiary/aromatic N) is 2. The number of anilines is 1. The second-order valence-corrected chi connectivity index (χ2v) is 8.41. The highest BCUT2D eigenvalue weighted by molar-refractivity contribution is 7.13. The van der Waals surface area contributed by atoms with Crippen molar-refractivity contribution in [2.45, 2.75) is 39.5 Å². The molecule has 7 nitrogen and oxygen atoms in total. The van der Waals surface area contributed by atoms with E-state index in [1.165, 1.54) is 11.3 Å². The van der Waals surface area contributed by atoms with Gasteiger partial charge in [0.25, 0.3) is 5.91 Å². The molecule has 0 aliphatic rings. The molecule has 1 aromatic heterocycles. The van der Waals surface area contributed by atoms with Gasteiger partial charge in [-0.05, 0) is 56.5 Å². The Labute approximate surface area is 192 Å². The van der Waals surface area contributed by atoms with Crippen molar-refractivity contribution >= 4 is 28.8 Å². The first-order chi connectivity index (χ1) is 15.5. The second kappa shape index (κ2) is 12.0. The van der Waals surface area contributed by atoms with Crippen LogP contribution >= 0.6 is 11.3 Å². The average molecular weight is 453 g/mol. The van der Waals surface area contributed by atoms with Gasteiger partial charge >= 0.3 is 0 Å². The highest BCUT2D eigenvalue weighted by Crippen LogP contribution is 2.16. The normalized spacial score (nSPS) is 10.6. The van der Waals surface area contributed by atoms with Crippen LogP contribution in [0.2, 0.25) is 0 Å². The van der Waals surface area contributed by atoms with Crippen LogP contribution in [0.25, 0.3) is 0 Å². The van der Waals surface area contributed by atoms with E-state index in [1.54, 1.807) is 0 Å². The maximum absolute atomic E-state index is 12.3. The molecule has 2 amide bonds. The fourth-order valence-electron chi connectivity index (χ4n) is 3.02. The number of benzene rings is 2. The number of aromatic nitrogens is 2. The highest BCUT2D eigenvalue weighted by atomic mass is 32.1. The molecule has 0 aliphatic carbocycles. The van der Waals surface area contributed by atoms with Crippen molar-refractivity contribution in [3.8, 4) is 5.75 Å². The zero-order valence-electron chi connectivity index (χ0n) is 18.4. The van der Waals surface area contributed by atoms with Crippen LogP contribution in [0.5, 0.6) is 5.75 Å². The number of amides is 2. The smallest absolute Gasteiger partial charge is 0.286 e. The molecule has 8 heteroatoms. The van der Waals surface area contributed by atoms with Crippen molar-refractivity contribution in [3.05, 3.63) is 69.7 Å². The molecule has 168 valence electrons. The Balaban J connectivity index is 1.34. The predicted molar refractivity (Wildman–Crippen MR) is 126 cm³/mol. The Hall–Kier alpha value is -3.26. The van der Waals surface area contributed by atoms with Crippen molar-refractivity contribution < 1.29 is 14.3 Å². The standard InChI is InChI=1S/C24H28N4O3S/c1-3-31-20-13-9-18(10-14-20)15-16-25-21(29)5-4-6-22-27-28-24(32-22)23(30)26-19-11-7-17(2)8-12-19/h7-14H,3-6,15-16H2,1-2H3,(H,25,29)(H,26,30). The van der Waals surface area contributed by atoms with Crippen LogP contribution in [0.4, 0.5) is 5.69 Å². The van der Waals surface area contributed by atoms with Gasteiger partial charge in [0.05, 0.1) is 6.61 Å². The monoisotopic (exact) mass is 452 g/mol. The molecule has 0 saturated heterocycles. The first-order valence-electron chi connectivity index (χ1n) is 10.7. The highest BCUT2D eigenvalue weighted by Gasteiger charge is 2.13. The zero-order valence-corrected chi connectivity index (χ0v) is 19.2. The van der Waals surface area contributed by atoms with Crippen molar-refractivity contribution in [2.75, 3.05) is 18.5 Å². The Morgan fingerprint density at radius 1 is 1.00 bits per heavy atom. The maximum atomic E-state index is 12.3. The second-order valence-electron chi connectivity index (χ2n) is 7.35. The summed E-state index contributed by atoms with van der Waals surface area (Å²) in [7, 11) is 0. The lowest BCUT2D eigenvalue weighted by molar-refractivity contribution is -0.121. The summed E-state index contributed by atoms with van der Waals surface area (Å²) < 4.78 is 5.43. The van der Waals surface area contributed by atoms with Gasteiger partial charge in [0.2, 0.25) is 10.9 Å². The number of hydrogen-bond acceptors (Lipinski definition) is 6. The van der Waals surface area contributed by atoms with Gasteiger partial charge in [-0.2, -0.15) is 0 Å². The summed E-state index contributed by atoms with van der Waals surface area (Å²) in [5, 5.41) is 14.9. The van der Waals surface area contributed by atoms with E-state index in [0.29, 0.717) is 37.4 Å². The van der Waals surface area contributed by atoms with E-state index in [9.17, 15) is 9.59 Å². The lowest BCUT2D eigenvalue weighted by Gasteiger charge is -2.06. The summed E-state index contributed by atoms with van der Waals surface area (Å²) in [4.78, 5) is 24.4. The number of ether oxygens (including phenoxy) is 1. The van der Waals surface area contributed by atoms with E-state index in [2.05, 4.69) is 20.8 Å². The van der Waals surface area contributed by atoms with E-state index < -0.39 is 0 Å². The first-order valence-corrected chi connectivity index (χ1v) is 11.5. The molecule has 0 unspecified atom stereocenters. The first kappa shape index (κ1) is 23.4. The van der Waals surface area contributed by atoms with Crippen LogP contribution in [0, 0.1) is 6.92 Å². The van der Waals surface area contributed by atoms with Crippen LogP contribution in [-0.2, 0) is 17.6 Å². The number of carbonyl (C=O) groups is 2. The molecular formula is C24H28N4O3S. The van der Waals surface area contributed by atoms with Crippen molar-refractivity contribution in [1.29, 1.82) is 0 Å². The molecule has 2 aromatic carbocycles. The molecule has 0 atom stereocenters. The number of carbonyl (C=O) groups excluding carboxylic acids is 2. The number of rotatable bonds is 11. The molecule has 3 aromatic rings. The van der Waals surface area contributed by atoms with Gasteiger partial charge in [-0.3, -0.25) is 9.59 Å². The van der Waals surface area contributed by atoms with E-state index in [0.717, 1.165) is 34.0 Å². The average Bonchev–Trinajstić information content (AvgIpc) is 3.26. The third-order valence-corrected chi connectivity index (χ3v) is 5.72. The lowest BCUT2D eigenvalue weighted by atomic mass is 10.1. The van der Waals surface area contributed by atoms with Crippen LogP contribution < -0.4 is 15.4 Å². The van der Waals surface area contributed by atoms with Crippen molar-refractivity contribution in [3.63, 3.8) is 0 Å². The minimum absolute atomic E-state index is 0.0118. The molecule has 0 aliphatic heterocycles. The maximum Gasteiger partial charge on any atom is 0.286 e. The summed E-state index contributed by atoms with van der Waals surface area (Å²) in [5.41, 5.74) is 3.00. The molecule has 0 spiro atoms. The molecule has 2 N–H and O–H groups in total. The van der Waals surface area contributed by atoms with E-state index in [4.69, 9.17) is 4.74 Å². The van der Waals surface area contributed by atoms with E-state index in [1.807, 2.05) is 62.4 Å². The van der Waals surface area contributed by atoms with Gasteiger partial charge in [0.15, 0.2) is 0 Å². The number of aryl methyl sites for hydroxylation is 2. The Bertz CT molecular complexity index is 1020. The van der Waals surface area contributed by atoms with Crippen LogP contribution in [0.3, 0.4) is 0 Å². The molecule has 1 heterocycles. The van der Waals surface area contributed by atoms with Crippen molar-refractivity contribution in [2.24, 2.45) is 0 Å². The lowest BCUT2D eigenvalue weighted by Crippen LogP contribution is -2.25. The topological polar surface area (TPSA) is 93.2 Å². The van der Waals surface area contributed by atoms with Gasteiger partial charge < -0.3 is 15.4 Å². The van der Waals surface area contributed by atoms with Gasteiger partial charge in [-0.25, -0.2) is 0 Å². The SMILES string of the molecule is CCOc1ccc(CCNC(=O)CCCc2nnc(C(=O)Nc3ccc(C)cc3)s2)cc1. The van der Waals surface area contributed by atoms with Crippen LogP contribution in [0.15, 0.2) is 48.5 Å². The summed E-state index contributed by atoms with van der Waals surface area (Å²) in [6.07, 6.45) is 2.45. The molecular weight excluding hydrogens is 424 g/mol. The van der Waals surface area contributed by atoms with Crippen LogP contribution in [0.1, 0.15) is 45.7 Å². The third kappa shape index (κ3) is 7.46. The fraction of sp³-hybridized carbons (Fsp3) is 0.333. The van der Waals surface area contributed by atoms with Gasteiger partial charge in [-0.1, -0.05) is 41.2 Å². The minimum atomic E-state index is -0.273. The van der Waals surface area contributed by atoms with Crippen molar-refractivity contribution in [1.82, 2.24) is 15.5 Å². The predicted octanol–water partition coefficient (Wildman–Crippen LogP) is 4.18. The largest absolute Gasteiger partial charge is 0.494 e. The molecule has 0 fully saturated rings. The molecule has 3 rings (SSSR count). The Morgan fingerprint density at radius 3 is 2.47 bits per heavy atom. The third-order valence-electron chi connectivity index (χ3n) is 4.74. The summed E-state index contributed by atoms with van der Waals surface area (Å²) in [6.45, 7) is 5.19. The molecule has 32 heavy (non-hydrogen) atoms. The minimum Gasteiger partial charge on any atom is -0.494 e. The Morgan fingerprint density at radius 2 is 1.75 bits per heavy atom. The van der Waals surface area contributed by atoms with Crippen LogP contribution in [-0.4, -0.2) is 35.2 Å². The number of hydrogen-bond donors (Lipinski definition) is 2. The molecule has 0 radical (unpaired) electrons. The Kier molecular flexibility index (Phi) is 8.74. The molecule has 0 saturated carbocycles. The summed E-state index contributed by atoms with van der Waals surface area (Å²) in [6, 6.07) is 15.5. The van der Waals surface area contributed by atoms with Gasteiger partial charge in [0.1, 0.15) is 10.8 Å². The van der Waals surface area contributed by atoms with Gasteiger partial charge in [0, 0.05) is 25.1 Å². The summed E-state index contributed by atoms with van der Waals surface area (Å²) in [5.74, 6) is 0.593. The van der Waals surface area contributed by atoms with E-state index in [-0.39, 0.29) is 11.8 Å². The van der Waals surface area contributed by atoms with Gasteiger partial charge in [-0.15, -0.1) is 10.2 Å². The van der Waals surface area contributed by atoms with E-state index >= 15 is 0 Å². The molecule has 0 bridgehead atoms. The number of nitrogens with one attached hydrogen (secondary N) is 2.